The molecule has 2 aliphatic heterocycles. The quantitative estimate of drug-likeness (QED) is 0.721. The number of hydrogen-bond acceptors (Lipinski definition) is 2. The maximum Gasteiger partial charge on any atom is 0.00224 e. The van der Waals surface area contributed by atoms with E-state index >= 15 is 0 Å². The summed E-state index contributed by atoms with van der Waals surface area (Å²) in [5.74, 6) is 2.77. The summed E-state index contributed by atoms with van der Waals surface area (Å²) in [5.41, 5.74) is 0. The van der Waals surface area contributed by atoms with E-state index in [4.69, 9.17) is 0 Å². The number of nitrogens with zero attached hydrogens (tertiary/aromatic N) is 1. The van der Waals surface area contributed by atoms with Crippen molar-refractivity contribution in [3.05, 3.63) is 0 Å². The van der Waals surface area contributed by atoms with Crippen LogP contribution >= 0.6 is 0 Å². The number of piperidine rings is 1. The molecular weight excluding hydrogens is 172 g/mol. The lowest BCUT2D eigenvalue weighted by molar-refractivity contribution is 0.123. The van der Waals surface area contributed by atoms with Gasteiger partial charge in [0.05, 0.1) is 0 Å². The predicted molar refractivity (Wildman–Crippen MR) is 60.4 cm³/mol. The van der Waals surface area contributed by atoms with E-state index in [9.17, 15) is 0 Å². The summed E-state index contributed by atoms with van der Waals surface area (Å²) < 4.78 is 0. The molecule has 0 aliphatic carbocycles. The highest BCUT2D eigenvalue weighted by Crippen LogP contribution is 2.23. The Morgan fingerprint density at radius 3 is 2.71 bits per heavy atom. The maximum atomic E-state index is 3.46. The molecule has 0 aromatic heterocycles. The van der Waals surface area contributed by atoms with Crippen LogP contribution in [-0.4, -0.2) is 37.6 Å². The van der Waals surface area contributed by atoms with Gasteiger partial charge in [0.25, 0.3) is 0 Å². The molecule has 3 unspecified atom stereocenters. The molecule has 82 valence electrons. The lowest BCUT2D eigenvalue weighted by Gasteiger charge is -2.36. The van der Waals surface area contributed by atoms with Crippen LogP contribution in [0, 0.1) is 17.8 Å². The van der Waals surface area contributed by atoms with Gasteiger partial charge in [-0.3, -0.25) is 0 Å². The Hall–Kier alpha value is -0.0800. The van der Waals surface area contributed by atoms with Crippen molar-refractivity contribution in [1.82, 2.24) is 10.2 Å². The van der Waals surface area contributed by atoms with Crippen LogP contribution < -0.4 is 5.32 Å². The Labute approximate surface area is 88.1 Å². The third kappa shape index (κ3) is 2.48. The highest BCUT2D eigenvalue weighted by atomic mass is 15.1. The van der Waals surface area contributed by atoms with Gasteiger partial charge in [-0.1, -0.05) is 13.8 Å². The molecule has 2 rings (SSSR count). The van der Waals surface area contributed by atoms with Gasteiger partial charge in [-0.25, -0.2) is 0 Å². The van der Waals surface area contributed by atoms with Crippen molar-refractivity contribution in [3.63, 3.8) is 0 Å². The minimum atomic E-state index is 0.901. The molecular formula is C12H24N2. The molecule has 0 amide bonds. The second kappa shape index (κ2) is 4.63. The summed E-state index contributed by atoms with van der Waals surface area (Å²) in [6, 6.07) is 0. The van der Waals surface area contributed by atoms with Crippen molar-refractivity contribution in [1.29, 1.82) is 0 Å². The molecule has 2 heteroatoms. The standard InChI is InChI=1S/C12H24N2/c1-10-4-6-14(8-11(10)2)9-12-3-5-13-7-12/h10-13H,3-9H2,1-2H3. The van der Waals surface area contributed by atoms with Crippen molar-refractivity contribution >= 4 is 0 Å². The largest absolute Gasteiger partial charge is 0.316 e. The van der Waals surface area contributed by atoms with E-state index in [0.717, 1.165) is 17.8 Å². The van der Waals surface area contributed by atoms with Gasteiger partial charge in [0.1, 0.15) is 0 Å². The molecule has 14 heavy (non-hydrogen) atoms. The molecule has 2 aliphatic rings. The highest BCUT2D eigenvalue weighted by Gasteiger charge is 2.25. The Balaban J connectivity index is 1.75. The zero-order valence-corrected chi connectivity index (χ0v) is 9.63. The second-order valence-electron chi connectivity index (χ2n) is 5.36. The summed E-state index contributed by atoms with van der Waals surface area (Å²) in [5, 5.41) is 3.46. The van der Waals surface area contributed by atoms with Gasteiger partial charge in [0, 0.05) is 13.1 Å². The van der Waals surface area contributed by atoms with Gasteiger partial charge in [-0.2, -0.15) is 0 Å². The molecule has 0 spiro atoms. The lowest BCUT2D eigenvalue weighted by atomic mass is 9.88. The predicted octanol–water partition coefficient (Wildman–Crippen LogP) is 1.57. The molecule has 0 saturated carbocycles. The third-order valence-electron chi connectivity index (χ3n) is 4.10. The minimum Gasteiger partial charge on any atom is -0.316 e. The molecule has 2 heterocycles. The summed E-state index contributed by atoms with van der Waals surface area (Å²) >= 11 is 0. The van der Waals surface area contributed by atoms with E-state index in [1.807, 2.05) is 0 Å². The van der Waals surface area contributed by atoms with Crippen molar-refractivity contribution in [2.75, 3.05) is 32.7 Å². The molecule has 0 radical (unpaired) electrons. The van der Waals surface area contributed by atoms with Gasteiger partial charge in [-0.15, -0.1) is 0 Å². The van der Waals surface area contributed by atoms with Gasteiger partial charge >= 0.3 is 0 Å². The molecule has 2 fully saturated rings. The van der Waals surface area contributed by atoms with Crippen LogP contribution in [-0.2, 0) is 0 Å². The van der Waals surface area contributed by atoms with Crippen LogP contribution in [0.15, 0.2) is 0 Å². The number of likely N-dealkylation sites (tertiary alicyclic amines) is 1. The molecule has 1 N–H and O–H groups in total. The Morgan fingerprint density at radius 2 is 2.07 bits per heavy atom. The first-order valence-corrected chi connectivity index (χ1v) is 6.19. The summed E-state index contributed by atoms with van der Waals surface area (Å²) in [6.45, 7) is 11.3. The molecule has 2 saturated heterocycles. The Kier molecular flexibility index (Phi) is 3.45. The minimum absolute atomic E-state index is 0.901. The maximum absolute atomic E-state index is 3.46. The van der Waals surface area contributed by atoms with E-state index < -0.39 is 0 Å². The third-order valence-corrected chi connectivity index (χ3v) is 4.10. The van der Waals surface area contributed by atoms with Crippen LogP contribution in [0.25, 0.3) is 0 Å². The highest BCUT2D eigenvalue weighted by molar-refractivity contribution is 4.80. The molecule has 3 atom stereocenters. The smallest absolute Gasteiger partial charge is 0.00224 e. The monoisotopic (exact) mass is 196 g/mol. The second-order valence-corrected chi connectivity index (χ2v) is 5.36. The summed E-state index contributed by atoms with van der Waals surface area (Å²) in [4.78, 5) is 2.68. The van der Waals surface area contributed by atoms with Crippen molar-refractivity contribution in [3.8, 4) is 0 Å². The van der Waals surface area contributed by atoms with Gasteiger partial charge in [-0.05, 0) is 50.2 Å². The van der Waals surface area contributed by atoms with Crippen LogP contribution in [0.3, 0.4) is 0 Å². The fourth-order valence-corrected chi connectivity index (χ4v) is 2.75. The zero-order chi connectivity index (χ0) is 9.97. The first-order chi connectivity index (χ1) is 6.75. The van der Waals surface area contributed by atoms with Gasteiger partial charge < -0.3 is 10.2 Å². The lowest BCUT2D eigenvalue weighted by Crippen LogP contribution is -2.41. The number of hydrogen-bond donors (Lipinski definition) is 1. The molecule has 0 aromatic rings. The van der Waals surface area contributed by atoms with Crippen molar-refractivity contribution < 1.29 is 0 Å². The van der Waals surface area contributed by atoms with Gasteiger partial charge in [0.2, 0.25) is 0 Å². The van der Waals surface area contributed by atoms with Crippen LogP contribution in [0.1, 0.15) is 26.7 Å². The summed E-state index contributed by atoms with van der Waals surface area (Å²) in [7, 11) is 0. The van der Waals surface area contributed by atoms with Crippen molar-refractivity contribution in [2.45, 2.75) is 26.7 Å². The van der Waals surface area contributed by atoms with Gasteiger partial charge in [0.15, 0.2) is 0 Å². The first-order valence-electron chi connectivity index (χ1n) is 6.19. The Morgan fingerprint density at radius 1 is 1.21 bits per heavy atom. The SMILES string of the molecule is CC1CCN(CC2CCNC2)CC1C. The van der Waals surface area contributed by atoms with Crippen molar-refractivity contribution in [2.24, 2.45) is 17.8 Å². The average Bonchev–Trinajstić information content (AvgIpc) is 2.64. The van der Waals surface area contributed by atoms with E-state index in [1.54, 1.807) is 0 Å². The van der Waals surface area contributed by atoms with E-state index in [-0.39, 0.29) is 0 Å². The molecule has 2 nitrogen and oxygen atoms in total. The first kappa shape index (κ1) is 10.4. The van der Waals surface area contributed by atoms with Crippen LogP contribution in [0.5, 0.6) is 0 Å². The van der Waals surface area contributed by atoms with E-state index in [2.05, 4.69) is 24.1 Å². The van der Waals surface area contributed by atoms with Crippen LogP contribution in [0.4, 0.5) is 0 Å². The fraction of sp³-hybridized carbons (Fsp3) is 1.00. The Bertz CT molecular complexity index is 175. The fourth-order valence-electron chi connectivity index (χ4n) is 2.75. The molecule has 0 bridgehead atoms. The van der Waals surface area contributed by atoms with Crippen LogP contribution in [0.2, 0.25) is 0 Å². The topological polar surface area (TPSA) is 15.3 Å². The number of rotatable bonds is 2. The molecule has 0 aromatic carbocycles. The average molecular weight is 196 g/mol. The summed E-state index contributed by atoms with van der Waals surface area (Å²) in [6.07, 6.45) is 2.79. The zero-order valence-electron chi connectivity index (χ0n) is 9.63. The normalized spacial score (nSPS) is 40.3. The van der Waals surface area contributed by atoms with E-state index in [1.165, 1.54) is 45.6 Å². The number of nitrogens with one attached hydrogen (secondary N) is 1. The van der Waals surface area contributed by atoms with E-state index in [0.29, 0.717) is 0 Å².